The average molecular weight is 298 g/mol. The van der Waals surface area contributed by atoms with Gasteiger partial charge in [-0.15, -0.1) is 11.3 Å². The first kappa shape index (κ1) is 15.9. The zero-order valence-corrected chi connectivity index (χ0v) is 13.1. The molecule has 4 nitrogen and oxygen atoms in total. The van der Waals surface area contributed by atoms with Crippen molar-refractivity contribution in [3.05, 3.63) is 22.4 Å². The monoisotopic (exact) mass is 298 g/mol. The fraction of sp³-hybridized carbons (Fsp3) is 0.733. The van der Waals surface area contributed by atoms with E-state index in [2.05, 4.69) is 22.8 Å². The third-order valence-corrected chi connectivity index (χ3v) is 4.46. The molecule has 2 rings (SSSR count). The van der Waals surface area contributed by atoms with Crippen molar-refractivity contribution in [2.75, 3.05) is 45.9 Å². The van der Waals surface area contributed by atoms with E-state index in [1.54, 1.807) is 11.3 Å². The van der Waals surface area contributed by atoms with Crippen LogP contribution in [0.1, 0.15) is 18.2 Å². The number of rotatable bonds is 8. The zero-order chi connectivity index (χ0) is 14.2. The van der Waals surface area contributed by atoms with Crippen LogP contribution in [0.5, 0.6) is 0 Å². The number of nitrogens with zero attached hydrogens (tertiary/aromatic N) is 2. The van der Waals surface area contributed by atoms with Gasteiger partial charge in [0.15, 0.2) is 0 Å². The molecule has 1 aromatic rings. The average Bonchev–Trinajstić information content (AvgIpc) is 2.94. The lowest BCUT2D eigenvalue weighted by atomic mass is 10.2. The van der Waals surface area contributed by atoms with E-state index in [9.17, 15) is 5.11 Å². The Morgan fingerprint density at radius 2 is 2.05 bits per heavy atom. The Morgan fingerprint density at radius 1 is 1.30 bits per heavy atom. The lowest BCUT2D eigenvalue weighted by Gasteiger charge is -2.35. The van der Waals surface area contributed by atoms with Gasteiger partial charge in [-0.25, -0.2) is 0 Å². The molecule has 0 spiro atoms. The second-order valence-corrected chi connectivity index (χ2v) is 6.42. The zero-order valence-electron chi connectivity index (χ0n) is 12.3. The van der Waals surface area contributed by atoms with Crippen molar-refractivity contribution in [1.29, 1.82) is 0 Å². The Bertz CT molecular complexity index is 351. The Kier molecular flexibility index (Phi) is 6.96. The third-order valence-electron chi connectivity index (χ3n) is 3.61. The molecule has 0 amide bonds. The fourth-order valence-electron chi connectivity index (χ4n) is 2.55. The maximum absolute atomic E-state index is 10.0. The van der Waals surface area contributed by atoms with Gasteiger partial charge in [-0.05, 0) is 24.4 Å². The number of ether oxygens (including phenoxy) is 1. The minimum Gasteiger partial charge on any atom is -0.389 e. The summed E-state index contributed by atoms with van der Waals surface area (Å²) >= 11 is 1.69. The summed E-state index contributed by atoms with van der Waals surface area (Å²) in [6.07, 6.45) is 0.840. The number of aliphatic hydroxyl groups is 1. The molecule has 1 atom stereocenters. The lowest BCUT2D eigenvalue weighted by Crippen LogP contribution is -2.49. The summed E-state index contributed by atoms with van der Waals surface area (Å²) in [5, 5.41) is 12.1. The molecular weight excluding hydrogens is 272 g/mol. The molecule has 20 heavy (non-hydrogen) atoms. The molecule has 1 fully saturated rings. The highest BCUT2D eigenvalue weighted by Gasteiger charge is 2.18. The third kappa shape index (κ3) is 5.50. The van der Waals surface area contributed by atoms with E-state index in [1.165, 1.54) is 17.8 Å². The maximum Gasteiger partial charge on any atom is 0.0900 e. The van der Waals surface area contributed by atoms with Crippen molar-refractivity contribution < 1.29 is 9.84 Å². The molecule has 1 aromatic heterocycles. The highest BCUT2D eigenvalue weighted by molar-refractivity contribution is 7.09. The first-order chi connectivity index (χ1) is 9.78. The Balaban J connectivity index is 1.57. The van der Waals surface area contributed by atoms with Gasteiger partial charge in [-0.3, -0.25) is 4.90 Å². The molecule has 1 N–H and O–H groups in total. The van der Waals surface area contributed by atoms with Crippen LogP contribution in [0, 0.1) is 0 Å². The van der Waals surface area contributed by atoms with Crippen LogP contribution >= 0.6 is 11.3 Å². The standard InChI is InChI=1S/C15H26N2O2S/c1-2-5-16-6-8-17(9-7-16)11-14(18)12-19-13-15-4-3-10-20-15/h3-4,10,14,18H,2,5-9,11-13H2,1H3/t14-/m0/s1. The van der Waals surface area contributed by atoms with Crippen LogP contribution in [-0.4, -0.2) is 66.9 Å². The Labute approximate surface area is 126 Å². The molecule has 1 aliphatic heterocycles. The van der Waals surface area contributed by atoms with Crippen LogP contribution in [0.25, 0.3) is 0 Å². The van der Waals surface area contributed by atoms with E-state index in [0.717, 1.165) is 32.7 Å². The first-order valence-electron chi connectivity index (χ1n) is 7.51. The van der Waals surface area contributed by atoms with Gasteiger partial charge < -0.3 is 14.7 Å². The number of thiophene rings is 1. The van der Waals surface area contributed by atoms with E-state index < -0.39 is 0 Å². The topological polar surface area (TPSA) is 35.9 Å². The van der Waals surface area contributed by atoms with Crippen molar-refractivity contribution >= 4 is 11.3 Å². The number of β-amino-alcohol motifs (C(OH)–C–C–N with tert-alkyl or cyclic N) is 1. The van der Waals surface area contributed by atoms with Crippen molar-refractivity contribution in [2.45, 2.75) is 26.1 Å². The van der Waals surface area contributed by atoms with Gasteiger partial charge in [0.05, 0.1) is 19.3 Å². The predicted molar refractivity (Wildman–Crippen MR) is 83.2 cm³/mol. The van der Waals surface area contributed by atoms with E-state index >= 15 is 0 Å². The molecule has 0 aromatic carbocycles. The van der Waals surface area contributed by atoms with Crippen molar-refractivity contribution in [3.63, 3.8) is 0 Å². The predicted octanol–water partition coefficient (Wildman–Crippen LogP) is 1.65. The second kappa shape index (κ2) is 8.74. The minimum absolute atomic E-state index is 0.382. The molecule has 0 unspecified atom stereocenters. The van der Waals surface area contributed by atoms with E-state index in [-0.39, 0.29) is 6.10 Å². The SMILES string of the molecule is CCCN1CCN(C[C@H](O)COCc2cccs2)CC1. The van der Waals surface area contributed by atoms with Gasteiger partial charge in [-0.2, -0.15) is 0 Å². The van der Waals surface area contributed by atoms with E-state index in [4.69, 9.17) is 4.74 Å². The van der Waals surface area contributed by atoms with E-state index in [1.807, 2.05) is 11.4 Å². The number of hydrogen-bond donors (Lipinski definition) is 1. The highest BCUT2D eigenvalue weighted by atomic mass is 32.1. The van der Waals surface area contributed by atoms with Crippen LogP contribution in [0.15, 0.2) is 17.5 Å². The fourth-order valence-corrected chi connectivity index (χ4v) is 3.19. The van der Waals surface area contributed by atoms with Gasteiger partial charge in [0, 0.05) is 37.6 Å². The van der Waals surface area contributed by atoms with Crippen LogP contribution in [0.3, 0.4) is 0 Å². The van der Waals surface area contributed by atoms with Crippen molar-refractivity contribution in [3.8, 4) is 0 Å². The minimum atomic E-state index is -0.382. The molecule has 1 saturated heterocycles. The molecule has 1 aliphatic rings. The molecule has 2 heterocycles. The maximum atomic E-state index is 10.0. The van der Waals surface area contributed by atoms with Crippen molar-refractivity contribution in [2.24, 2.45) is 0 Å². The Hall–Kier alpha value is -0.460. The molecule has 0 bridgehead atoms. The highest BCUT2D eigenvalue weighted by Crippen LogP contribution is 2.10. The van der Waals surface area contributed by atoms with Crippen molar-refractivity contribution in [1.82, 2.24) is 9.80 Å². The smallest absolute Gasteiger partial charge is 0.0900 e. The molecule has 0 radical (unpaired) electrons. The summed E-state index contributed by atoms with van der Waals surface area (Å²) in [5.74, 6) is 0. The van der Waals surface area contributed by atoms with Gasteiger partial charge in [0.25, 0.3) is 0 Å². The lowest BCUT2D eigenvalue weighted by molar-refractivity contribution is 0.00211. The van der Waals surface area contributed by atoms with Gasteiger partial charge in [0.1, 0.15) is 0 Å². The summed E-state index contributed by atoms with van der Waals surface area (Å²) in [6, 6.07) is 4.08. The largest absolute Gasteiger partial charge is 0.389 e. The number of aliphatic hydroxyl groups excluding tert-OH is 1. The molecule has 0 saturated carbocycles. The second-order valence-electron chi connectivity index (χ2n) is 5.39. The molecule has 5 heteroatoms. The first-order valence-corrected chi connectivity index (χ1v) is 8.38. The molecule has 0 aliphatic carbocycles. The number of hydrogen-bond acceptors (Lipinski definition) is 5. The normalized spacial score (nSPS) is 19.3. The molecule has 114 valence electrons. The van der Waals surface area contributed by atoms with Crippen LogP contribution in [-0.2, 0) is 11.3 Å². The van der Waals surface area contributed by atoms with Crippen LogP contribution in [0.2, 0.25) is 0 Å². The van der Waals surface area contributed by atoms with Gasteiger partial charge >= 0.3 is 0 Å². The van der Waals surface area contributed by atoms with Crippen LogP contribution < -0.4 is 0 Å². The Morgan fingerprint density at radius 3 is 2.70 bits per heavy atom. The quantitative estimate of drug-likeness (QED) is 0.792. The van der Waals surface area contributed by atoms with E-state index in [0.29, 0.717) is 13.2 Å². The van der Waals surface area contributed by atoms with Gasteiger partial charge in [0.2, 0.25) is 0 Å². The summed E-state index contributed by atoms with van der Waals surface area (Å²) in [6.45, 7) is 9.54. The van der Waals surface area contributed by atoms with Crippen LogP contribution in [0.4, 0.5) is 0 Å². The summed E-state index contributed by atoms with van der Waals surface area (Å²) in [5.41, 5.74) is 0. The summed E-state index contributed by atoms with van der Waals surface area (Å²) in [7, 11) is 0. The summed E-state index contributed by atoms with van der Waals surface area (Å²) in [4.78, 5) is 6.05. The number of piperazine rings is 1. The van der Waals surface area contributed by atoms with Gasteiger partial charge in [-0.1, -0.05) is 13.0 Å². The molecular formula is C15H26N2O2S. The summed E-state index contributed by atoms with van der Waals surface area (Å²) < 4.78 is 5.56.